The molecule has 1 unspecified atom stereocenters. The zero-order chi connectivity index (χ0) is 14.4. The van der Waals surface area contributed by atoms with Crippen LogP contribution in [0.5, 0.6) is 0 Å². The molecule has 2 atom stereocenters. The fourth-order valence-corrected chi connectivity index (χ4v) is 3.08. The molecule has 0 aromatic heterocycles. The molecule has 2 fully saturated rings. The second-order valence-electron chi connectivity index (χ2n) is 5.98. The predicted molar refractivity (Wildman–Crippen MR) is 78.2 cm³/mol. The van der Waals surface area contributed by atoms with Crippen LogP contribution in [0.4, 0.5) is 0 Å². The summed E-state index contributed by atoms with van der Waals surface area (Å²) in [6.45, 7) is 5.35. The van der Waals surface area contributed by atoms with Gasteiger partial charge < -0.3 is 15.5 Å². The Kier molecular flexibility index (Phi) is 5.83. The van der Waals surface area contributed by atoms with E-state index in [1.54, 1.807) is 0 Å². The Morgan fingerprint density at radius 3 is 2.85 bits per heavy atom. The standard InChI is InChI=1S/C15H27N3O2/c1-2-5-14(19)18-9-4-6-12(11-18)15(20)17-13-7-3-8-16-10-13/h12-13,16H,2-11H2,1H3,(H,17,20)/t12?,13-/m0/s1. The molecule has 0 saturated carbocycles. The van der Waals surface area contributed by atoms with E-state index in [4.69, 9.17) is 0 Å². The molecule has 5 nitrogen and oxygen atoms in total. The molecule has 0 aromatic carbocycles. The first-order chi connectivity index (χ1) is 9.70. The van der Waals surface area contributed by atoms with Crippen molar-refractivity contribution in [2.75, 3.05) is 26.2 Å². The molecule has 5 heteroatoms. The van der Waals surface area contributed by atoms with E-state index in [-0.39, 0.29) is 23.8 Å². The highest BCUT2D eigenvalue weighted by Gasteiger charge is 2.29. The van der Waals surface area contributed by atoms with Crippen LogP contribution >= 0.6 is 0 Å². The van der Waals surface area contributed by atoms with Crippen LogP contribution in [0.1, 0.15) is 45.4 Å². The van der Waals surface area contributed by atoms with Gasteiger partial charge in [-0.2, -0.15) is 0 Å². The second-order valence-corrected chi connectivity index (χ2v) is 5.98. The Balaban J connectivity index is 1.81. The van der Waals surface area contributed by atoms with Crippen molar-refractivity contribution < 1.29 is 9.59 Å². The zero-order valence-corrected chi connectivity index (χ0v) is 12.5. The number of carbonyl (C=O) groups is 2. The van der Waals surface area contributed by atoms with Crippen molar-refractivity contribution in [3.63, 3.8) is 0 Å². The highest BCUT2D eigenvalue weighted by atomic mass is 16.2. The number of rotatable bonds is 4. The molecule has 2 heterocycles. The molecule has 2 amide bonds. The van der Waals surface area contributed by atoms with Crippen molar-refractivity contribution in [1.29, 1.82) is 0 Å². The van der Waals surface area contributed by atoms with Gasteiger partial charge in [-0.25, -0.2) is 0 Å². The van der Waals surface area contributed by atoms with Crippen molar-refractivity contribution in [2.45, 2.75) is 51.5 Å². The normalized spacial score (nSPS) is 27.1. The van der Waals surface area contributed by atoms with Crippen LogP contribution in [-0.4, -0.2) is 48.9 Å². The summed E-state index contributed by atoms with van der Waals surface area (Å²) < 4.78 is 0. The van der Waals surface area contributed by atoms with Gasteiger partial charge in [-0.15, -0.1) is 0 Å². The molecule has 20 heavy (non-hydrogen) atoms. The van der Waals surface area contributed by atoms with Gasteiger partial charge in [0, 0.05) is 32.1 Å². The van der Waals surface area contributed by atoms with Gasteiger partial charge in [0.2, 0.25) is 11.8 Å². The molecule has 2 aliphatic heterocycles. The van der Waals surface area contributed by atoms with Crippen LogP contribution < -0.4 is 10.6 Å². The fraction of sp³-hybridized carbons (Fsp3) is 0.867. The first-order valence-electron chi connectivity index (χ1n) is 7.99. The molecule has 0 bridgehead atoms. The monoisotopic (exact) mass is 281 g/mol. The Labute approximate surface area is 121 Å². The average molecular weight is 281 g/mol. The van der Waals surface area contributed by atoms with E-state index in [9.17, 15) is 9.59 Å². The van der Waals surface area contributed by atoms with Gasteiger partial charge in [0.15, 0.2) is 0 Å². The summed E-state index contributed by atoms with van der Waals surface area (Å²) in [4.78, 5) is 26.1. The van der Waals surface area contributed by atoms with Gasteiger partial charge in [0.25, 0.3) is 0 Å². The quantitative estimate of drug-likeness (QED) is 0.804. The zero-order valence-electron chi connectivity index (χ0n) is 12.5. The number of piperidine rings is 2. The van der Waals surface area contributed by atoms with Crippen LogP contribution in [0.15, 0.2) is 0 Å². The molecular formula is C15H27N3O2. The van der Waals surface area contributed by atoms with Crippen LogP contribution in [0.25, 0.3) is 0 Å². The lowest BCUT2D eigenvalue weighted by Gasteiger charge is -2.33. The summed E-state index contributed by atoms with van der Waals surface area (Å²) in [5.74, 6) is 0.309. The number of amides is 2. The Morgan fingerprint density at radius 1 is 1.30 bits per heavy atom. The van der Waals surface area contributed by atoms with Crippen molar-refractivity contribution in [3.05, 3.63) is 0 Å². The van der Waals surface area contributed by atoms with Gasteiger partial charge in [0.05, 0.1) is 5.92 Å². The lowest BCUT2D eigenvalue weighted by atomic mass is 9.96. The molecule has 0 aromatic rings. The highest BCUT2D eigenvalue weighted by Crippen LogP contribution is 2.18. The predicted octanol–water partition coefficient (Wildman–Crippen LogP) is 0.893. The van der Waals surface area contributed by atoms with E-state index in [1.165, 1.54) is 0 Å². The van der Waals surface area contributed by atoms with Gasteiger partial charge >= 0.3 is 0 Å². The van der Waals surface area contributed by atoms with E-state index in [0.29, 0.717) is 13.0 Å². The van der Waals surface area contributed by atoms with Crippen molar-refractivity contribution in [2.24, 2.45) is 5.92 Å². The third-order valence-electron chi connectivity index (χ3n) is 4.25. The number of likely N-dealkylation sites (tertiary alicyclic amines) is 1. The average Bonchev–Trinajstić information content (AvgIpc) is 2.48. The lowest BCUT2D eigenvalue weighted by molar-refractivity contribution is -0.136. The Hall–Kier alpha value is -1.10. The molecule has 2 rings (SSSR count). The largest absolute Gasteiger partial charge is 0.352 e. The maximum atomic E-state index is 12.3. The SMILES string of the molecule is CCCC(=O)N1CCCC(C(=O)N[C@H]2CCCNC2)C1. The van der Waals surface area contributed by atoms with Crippen LogP contribution in [0.2, 0.25) is 0 Å². The molecule has 0 aliphatic carbocycles. The topological polar surface area (TPSA) is 61.4 Å². The molecule has 2 N–H and O–H groups in total. The summed E-state index contributed by atoms with van der Waals surface area (Å²) >= 11 is 0. The summed E-state index contributed by atoms with van der Waals surface area (Å²) in [7, 11) is 0. The molecule has 2 aliphatic rings. The lowest BCUT2D eigenvalue weighted by Crippen LogP contribution is -2.51. The molecular weight excluding hydrogens is 254 g/mol. The number of hydrogen-bond donors (Lipinski definition) is 2. The van der Waals surface area contributed by atoms with Gasteiger partial charge in [-0.1, -0.05) is 6.92 Å². The second kappa shape index (κ2) is 7.62. The molecule has 0 radical (unpaired) electrons. The Bertz CT molecular complexity index is 340. The first-order valence-corrected chi connectivity index (χ1v) is 7.99. The number of nitrogens with one attached hydrogen (secondary N) is 2. The molecule has 0 spiro atoms. The van der Waals surface area contributed by atoms with E-state index < -0.39 is 0 Å². The third kappa shape index (κ3) is 4.20. The first kappa shape index (κ1) is 15.3. The fourth-order valence-electron chi connectivity index (χ4n) is 3.08. The number of carbonyl (C=O) groups excluding carboxylic acids is 2. The van der Waals surface area contributed by atoms with Gasteiger partial charge in [0.1, 0.15) is 0 Å². The van der Waals surface area contributed by atoms with Crippen LogP contribution in [0, 0.1) is 5.92 Å². The van der Waals surface area contributed by atoms with Crippen LogP contribution in [-0.2, 0) is 9.59 Å². The van der Waals surface area contributed by atoms with Crippen molar-refractivity contribution in [1.82, 2.24) is 15.5 Å². The maximum absolute atomic E-state index is 12.3. The summed E-state index contributed by atoms with van der Waals surface area (Å²) in [6, 6.07) is 0.262. The number of nitrogens with zero attached hydrogens (tertiary/aromatic N) is 1. The van der Waals surface area contributed by atoms with Gasteiger partial charge in [-0.05, 0) is 38.6 Å². The van der Waals surface area contributed by atoms with E-state index in [1.807, 2.05) is 11.8 Å². The third-order valence-corrected chi connectivity index (χ3v) is 4.25. The molecule has 114 valence electrons. The van der Waals surface area contributed by atoms with E-state index >= 15 is 0 Å². The van der Waals surface area contributed by atoms with Gasteiger partial charge in [-0.3, -0.25) is 9.59 Å². The number of hydrogen-bond acceptors (Lipinski definition) is 3. The Morgan fingerprint density at radius 2 is 2.15 bits per heavy atom. The minimum atomic E-state index is -0.0218. The smallest absolute Gasteiger partial charge is 0.225 e. The van der Waals surface area contributed by atoms with E-state index in [0.717, 1.165) is 51.7 Å². The summed E-state index contributed by atoms with van der Waals surface area (Å²) in [6.07, 6.45) is 5.50. The minimum Gasteiger partial charge on any atom is -0.352 e. The summed E-state index contributed by atoms with van der Waals surface area (Å²) in [5.41, 5.74) is 0. The highest BCUT2D eigenvalue weighted by molar-refractivity contribution is 5.81. The van der Waals surface area contributed by atoms with Crippen molar-refractivity contribution in [3.8, 4) is 0 Å². The van der Waals surface area contributed by atoms with Crippen molar-refractivity contribution >= 4 is 11.8 Å². The molecule has 2 saturated heterocycles. The minimum absolute atomic E-state index is 0.0218. The van der Waals surface area contributed by atoms with E-state index in [2.05, 4.69) is 10.6 Å². The summed E-state index contributed by atoms with van der Waals surface area (Å²) in [5, 5.41) is 6.45. The maximum Gasteiger partial charge on any atom is 0.225 e. The van der Waals surface area contributed by atoms with Crippen LogP contribution in [0.3, 0.4) is 0 Å².